The first-order chi connectivity index (χ1) is 12.0. The van der Waals surface area contributed by atoms with E-state index in [4.69, 9.17) is 25.5 Å². The Morgan fingerprint density at radius 1 is 1.20 bits per heavy atom. The Hall–Kier alpha value is -2.73. The van der Waals surface area contributed by atoms with E-state index in [-0.39, 0.29) is 11.8 Å². The fourth-order valence-corrected chi connectivity index (χ4v) is 2.63. The van der Waals surface area contributed by atoms with Crippen molar-refractivity contribution in [2.75, 3.05) is 25.4 Å². The van der Waals surface area contributed by atoms with Crippen molar-refractivity contribution in [2.24, 2.45) is 0 Å². The van der Waals surface area contributed by atoms with Crippen LogP contribution in [0, 0.1) is 6.92 Å². The van der Waals surface area contributed by atoms with Crippen molar-refractivity contribution in [3.63, 3.8) is 0 Å². The zero-order valence-electron chi connectivity index (χ0n) is 14.1. The predicted octanol–water partition coefficient (Wildman–Crippen LogP) is 4.00. The van der Waals surface area contributed by atoms with Crippen LogP contribution in [0.5, 0.6) is 11.5 Å². The van der Waals surface area contributed by atoms with Gasteiger partial charge in [0.05, 0.1) is 14.2 Å². The Bertz CT molecular complexity index is 936. The summed E-state index contributed by atoms with van der Waals surface area (Å²) in [7, 11) is 3.15. The highest BCUT2D eigenvalue weighted by atomic mass is 35.5. The van der Waals surface area contributed by atoms with E-state index in [0.29, 0.717) is 34.2 Å². The van der Waals surface area contributed by atoms with Crippen LogP contribution in [0.2, 0.25) is 0 Å². The average molecular weight is 361 g/mol. The summed E-state index contributed by atoms with van der Waals surface area (Å²) in [5, 5.41) is 2.72. The Morgan fingerprint density at radius 2 is 1.96 bits per heavy atom. The molecule has 7 heteroatoms. The van der Waals surface area contributed by atoms with Crippen molar-refractivity contribution in [3.8, 4) is 23.0 Å². The van der Waals surface area contributed by atoms with Crippen LogP contribution in [-0.2, 0) is 4.79 Å². The summed E-state index contributed by atoms with van der Waals surface area (Å²) in [5.74, 6) is 1.30. The summed E-state index contributed by atoms with van der Waals surface area (Å²) in [6.45, 7) is 1.89. The van der Waals surface area contributed by atoms with Gasteiger partial charge in [0.2, 0.25) is 11.8 Å². The second-order valence-corrected chi connectivity index (χ2v) is 5.68. The first-order valence-corrected chi connectivity index (χ1v) is 8.08. The van der Waals surface area contributed by atoms with Crippen LogP contribution in [0.3, 0.4) is 0 Å². The van der Waals surface area contributed by atoms with E-state index in [1.54, 1.807) is 32.4 Å². The largest absolute Gasteiger partial charge is 0.493 e. The molecule has 0 unspecified atom stereocenters. The number of nitrogens with zero attached hydrogens (tertiary/aromatic N) is 1. The minimum atomic E-state index is -0.274. The quantitative estimate of drug-likeness (QED) is 0.696. The number of anilines is 1. The molecular formula is C18H17ClN2O4. The number of benzene rings is 2. The Labute approximate surface area is 149 Å². The number of methoxy groups -OCH3 is 2. The number of halogens is 1. The third-order valence-corrected chi connectivity index (χ3v) is 3.95. The van der Waals surface area contributed by atoms with Crippen LogP contribution in [-0.4, -0.2) is 31.0 Å². The average Bonchev–Trinajstić information content (AvgIpc) is 3.05. The van der Waals surface area contributed by atoms with Gasteiger partial charge in [-0.15, -0.1) is 11.6 Å². The van der Waals surface area contributed by atoms with Crippen molar-refractivity contribution >= 4 is 34.3 Å². The Morgan fingerprint density at radius 3 is 2.64 bits per heavy atom. The third-order valence-electron chi connectivity index (χ3n) is 3.71. The van der Waals surface area contributed by atoms with Crippen molar-refractivity contribution < 1.29 is 18.7 Å². The lowest BCUT2D eigenvalue weighted by atomic mass is 10.2. The first-order valence-electron chi connectivity index (χ1n) is 7.55. The fraction of sp³-hybridized carbons (Fsp3) is 0.222. The number of rotatable bonds is 5. The van der Waals surface area contributed by atoms with E-state index < -0.39 is 0 Å². The van der Waals surface area contributed by atoms with Gasteiger partial charge >= 0.3 is 0 Å². The second-order valence-electron chi connectivity index (χ2n) is 5.41. The number of nitrogens with one attached hydrogen (secondary N) is 1. The molecule has 130 valence electrons. The van der Waals surface area contributed by atoms with Gasteiger partial charge in [0.1, 0.15) is 11.4 Å². The molecule has 0 bridgehead atoms. The van der Waals surface area contributed by atoms with E-state index in [2.05, 4.69) is 10.3 Å². The topological polar surface area (TPSA) is 73.6 Å². The summed E-state index contributed by atoms with van der Waals surface area (Å²) < 4.78 is 16.5. The number of oxazole rings is 1. The van der Waals surface area contributed by atoms with E-state index in [1.165, 1.54) is 0 Å². The second kappa shape index (κ2) is 7.03. The van der Waals surface area contributed by atoms with Crippen LogP contribution in [0.4, 0.5) is 5.69 Å². The van der Waals surface area contributed by atoms with Gasteiger partial charge < -0.3 is 19.2 Å². The SMILES string of the molecule is COc1ccc(-c2nc3cc(NC(=O)CCl)cc(C)c3o2)cc1OC. The van der Waals surface area contributed by atoms with Crippen LogP contribution in [0.25, 0.3) is 22.6 Å². The molecule has 1 amide bonds. The molecule has 3 aromatic rings. The van der Waals surface area contributed by atoms with Crippen molar-refractivity contribution in [2.45, 2.75) is 6.92 Å². The van der Waals surface area contributed by atoms with E-state index in [9.17, 15) is 4.79 Å². The van der Waals surface area contributed by atoms with E-state index in [0.717, 1.165) is 11.1 Å². The zero-order valence-corrected chi connectivity index (χ0v) is 14.8. The van der Waals surface area contributed by atoms with Gasteiger partial charge in [0, 0.05) is 11.3 Å². The molecule has 0 saturated heterocycles. The zero-order chi connectivity index (χ0) is 18.0. The number of carbonyl (C=O) groups excluding carboxylic acids is 1. The first kappa shape index (κ1) is 17.1. The molecule has 6 nitrogen and oxygen atoms in total. The highest BCUT2D eigenvalue weighted by Gasteiger charge is 2.14. The third kappa shape index (κ3) is 3.39. The molecule has 0 aliphatic carbocycles. The maximum absolute atomic E-state index is 11.5. The Kier molecular flexibility index (Phi) is 4.81. The molecular weight excluding hydrogens is 344 g/mol. The molecule has 2 aromatic carbocycles. The van der Waals surface area contributed by atoms with Crippen LogP contribution in [0.15, 0.2) is 34.7 Å². The summed E-state index contributed by atoms with van der Waals surface area (Å²) in [6, 6.07) is 9.01. The predicted molar refractivity (Wildman–Crippen MR) is 96.6 cm³/mol. The van der Waals surface area contributed by atoms with Gasteiger partial charge in [0.15, 0.2) is 17.1 Å². The van der Waals surface area contributed by atoms with Gasteiger partial charge in [-0.25, -0.2) is 4.98 Å². The van der Waals surface area contributed by atoms with Gasteiger partial charge in [-0.05, 0) is 42.8 Å². The molecule has 1 N–H and O–H groups in total. The van der Waals surface area contributed by atoms with Crippen molar-refractivity contribution in [1.29, 1.82) is 0 Å². The summed E-state index contributed by atoms with van der Waals surface area (Å²) in [6.07, 6.45) is 0. The smallest absolute Gasteiger partial charge is 0.239 e. The molecule has 3 rings (SSSR count). The number of carbonyl (C=O) groups is 1. The van der Waals surface area contributed by atoms with Gasteiger partial charge in [-0.1, -0.05) is 0 Å². The lowest BCUT2D eigenvalue weighted by Crippen LogP contribution is -2.12. The lowest BCUT2D eigenvalue weighted by molar-refractivity contribution is -0.113. The number of hydrogen-bond donors (Lipinski definition) is 1. The maximum Gasteiger partial charge on any atom is 0.239 e. The highest BCUT2D eigenvalue weighted by Crippen LogP contribution is 2.34. The Balaban J connectivity index is 2.04. The number of aryl methyl sites for hydroxylation is 1. The summed E-state index contributed by atoms with van der Waals surface area (Å²) in [4.78, 5) is 16.0. The van der Waals surface area contributed by atoms with E-state index >= 15 is 0 Å². The molecule has 0 aliphatic heterocycles. The number of ether oxygens (including phenoxy) is 2. The fourth-order valence-electron chi connectivity index (χ4n) is 2.56. The lowest BCUT2D eigenvalue weighted by Gasteiger charge is -2.07. The standard InChI is InChI=1S/C18H17ClN2O4/c1-10-6-12(20-16(22)9-19)8-13-17(10)25-18(21-13)11-4-5-14(23-2)15(7-11)24-3/h4-8H,9H2,1-3H3,(H,20,22). The van der Waals surface area contributed by atoms with Gasteiger partial charge in [0.25, 0.3) is 0 Å². The van der Waals surface area contributed by atoms with Gasteiger partial charge in [-0.2, -0.15) is 0 Å². The molecule has 0 fully saturated rings. The summed E-state index contributed by atoms with van der Waals surface area (Å²) >= 11 is 5.53. The normalized spacial score (nSPS) is 10.7. The maximum atomic E-state index is 11.5. The minimum absolute atomic E-state index is 0.104. The number of alkyl halides is 1. The van der Waals surface area contributed by atoms with Crippen LogP contribution >= 0.6 is 11.6 Å². The molecule has 25 heavy (non-hydrogen) atoms. The van der Waals surface area contributed by atoms with Gasteiger partial charge in [-0.3, -0.25) is 4.79 Å². The molecule has 1 heterocycles. The van der Waals surface area contributed by atoms with E-state index in [1.807, 2.05) is 19.1 Å². The van der Waals surface area contributed by atoms with Crippen LogP contribution in [0.1, 0.15) is 5.56 Å². The summed E-state index contributed by atoms with van der Waals surface area (Å²) in [5.41, 5.74) is 3.56. The molecule has 1 aromatic heterocycles. The molecule has 0 spiro atoms. The number of aromatic nitrogens is 1. The number of fused-ring (bicyclic) bond motifs is 1. The van der Waals surface area contributed by atoms with Crippen molar-refractivity contribution in [1.82, 2.24) is 4.98 Å². The number of hydrogen-bond acceptors (Lipinski definition) is 5. The number of amides is 1. The van der Waals surface area contributed by atoms with Crippen LogP contribution < -0.4 is 14.8 Å². The minimum Gasteiger partial charge on any atom is -0.493 e. The molecule has 0 radical (unpaired) electrons. The van der Waals surface area contributed by atoms with Crippen molar-refractivity contribution in [3.05, 3.63) is 35.9 Å². The monoisotopic (exact) mass is 360 g/mol. The molecule has 0 saturated carbocycles. The molecule has 0 atom stereocenters. The highest BCUT2D eigenvalue weighted by molar-refractivity contribution is 6.29. The molecule has 0 aliphatic rings.